The highest BCUT2D eigenvalue weighted by Gasteiger charge is 2.28. The molecule has 2 N–H and O–H groups in total. The van der Waals surface area contributed by atoms with Gasteiger partial charge >= 0.3 is 0 Å². The summed E-state index contributed by atoms with van der Waals surface area (Å²) in [6.07, 6.45) is 0.778. The molecular formula is C14H20ClFN2O. The molecule has 1 aromatic carbocycles. The molecule has 2 atom stereocenters. The fourth-order valence-electron chi connectivity index (χ4n) is 2.32. The molecule has 1 amide bonds. The number of rotatable bonds is 1. The van der Waals surface area contributed by atoms with E-state index in [2.05, 4.69) is 0 Å². The second-order valence-electron chi connectivity index (χ2n) is 5.16. The third kappa shape index (κ3) is 3.45. The average molecular weight is 287 g/mol. The summed E-state index contributed by atoms with van der Waals surface area (Å²) in [6, 6.07) is 4.76. The first kappa shape index (κ1) is 15.9. The van der Waals surface area contributed by atoms with Crippen molar-refractivity contribution in [2.45, 2.75) is 26.3 Å². The van der Waals surface area contributed by atoms with E-state index in [1.165, 1.54) is 6.07 Å². The maximum atomic E-state index is 13.7. The third-order valence-corrected chi connectivity index (χ3v) is 3.61. The Morgan fingerprint density at radius 1 is 1.47 bits per heavy atom. The first-order valence-corrected chi connectivity index (χ1v) is 6.30. The Morgan fingerprint density at radius 2 is 2.16 bits per heavy atom. The molecule has 106 valence electrons. The van der Waals surface area contributed by atoms with Gasteiger partial charge in [0.15, 0.2) is 0 Å². The number of aryl methyl sites for hydroxylation is 1. The zero-order valence-corrected chi connectivity index (χ0v) is 12.0. The molecule has 19 heavy (non-hydrogen) atoms. The Kier molecular flexibility index (Phi) is 5.32. The van der Waals surface area contributed by atoms with Gasteiger partial charge in [-0.1, -0.05) is 18.6 Å². The summed E-state index contributed by atoms with van der Waals surface area (Å²) in [5.41, 5.74) is 6.98. The quantitative estimate of drug-likeness (QED) is 0.861. The van der Waals surface area contributed by atoms with Gasteiger partial charge in [0.05, 0.1) is 5.56 Å². The molecule has 1 saturated heterocycles. The van der Waals surface area contributed by atoms with Crippen molar-refractivity contribution in [1.82, 2.24) is 4.90 Å². The Labute approximate surface area is 119 Å². The van der Waals surface area contributed by atoms with Gasteiger partial charge in [-0.15, -0.1) is 12.4 Å². The fourth-order valence-corrected chi connectivity index (χ4v) is 2.32. The molecule has 3 nitrogen and oxygen atoms in total. The van der Waals surface area contributed by atoms with E-state index in [0.29, 0.717) is 13.1 Å². The van der Waals surface area contributed by atoms with Crippen LogP contribution >= 0.6 is 12.4 Å². The van der Waals surface area contributed by atoms with Gasteiger partial charge in [0.1, 0.15) is 5.82 Å². The lowest BCUT2D eigenvalue weighted by Crippen LogP contribution is -2.48. The Bertz CT molecular complexity index is 467. The predicted octanol–water partition coefficient (Wildman–Crippen LogP) is 2.37. The molecule has 0 spiro atoms. The number of nitrogens with zero attached hydrogens (tertiary/aromatic N) is 1. The average Bonchev–Trinajstić information content (AvgIpc) is 2.35. The highest BCUT2D eigenvalue weighted by molar-refractivity contribution is 5.94. The van der Waals surface area contributed by atoms with Gasteiger partial charge in [-0.25, -0.2) is 4.39 Å². The number of piperidine rings is 1. The van der Waals surface area contributed by atoms with Crippen LogP contribution < -0.4 is 5.73 Å². The normalized spacial score (nSPS) is 22.8. The van der Waals surface area contributed by atoms with Gasteiger partial charge in [0, 0.05) is 19.1 Å². The summed E-state index contributed by atoms with van der Waals surface area (Å²) in [5.74, 6) is -0.418. The molecule has 5 heteroatoms. The molecule has 1 heterocycles. The minimum absolute atomic E-state index is 0. The summed E-state index contributed by atoms with van der Waals surface area (Å²) < 4.78 is 13.7. The lowest BCUT2D eigenvalue weighted by molar-refractivity contribution is 0.0659. The summed E-state index contributed by atoms with van der Waals surface area (Å²) in [6.45, 7) is 5.09. The SMILES string of the molecule is Cc1ccc(F)c(C(=O)N2CCC(N)C(C)C2)c1.Cl. The topological polar surface area (TPSA) is 46.3 Å². The van der Waals surface area contributed by atoms with E-state index in [4.69, 9.17) is 5.73 Å². The Morgan fingerprint density at radius 3 is 2.79 bits per heavy atom. The molecule has 0 radical (unpaired) electrons. The minimum atomic E-state index is -0.451. The molecule has 1 aromatic rings. The zero-order chi connectivity index (χ0) is 13.3. The van der Waals surface area contributed by atoms with Crippen LogP contribution in [0.25, 0.3) is 0 Å². The van der Waals surface area contributed by atoms with E-state index in [-0.39, 0.29) is 35.8 Å². The smallest absolute Gasteiger partial charge is 0.256 e. The maximum absolute atomic E-state index is 13.7. The molecule has 0 saturated carbocycles. The number of hydrogen-bond donors (Lipinski definition) is 1. The van der Waals surface area contributed by atoms with Crippen molar-refractivity contribution in [3.8, 4) is 0 Å². The molecule has 0 bridgehead atoms. The van der Waals surface area contributed by atoms with Crippen LogP contribution in [0.15, 0.2) is 18.2 Å². The Hall–Kier alpha value is -1.13. The number of benzene rings is 1. The zero-order valence-electron chi connectivity index (χ0n) is 11.2. The number of hydrogen-bond acceptors (Lipinski definition) is 2. The summed E-state index contributed by atoms with van der Waals surface area (Å²) in [7, 11) is 0. The van der Waals surface area contributed by atoms with Crippen LogP contribution in [0.4, 0.5) is 4.39 Å². The molecule has 2 rings (SSSR count). The molecule has 0 aromatic heterocycles. The van der Waals surface area contributed by atoms with Crippen LogP contribution in [-0.4, -0.2) is 29.9 Å². The van der Waals surface area contributed by atoms with Crippen LogP contribution in [0.3, 0.4) is 0 Å². The van der Waals surface area contributed by atoms with Gasteiger partial charge in [0.25, 0.3) is 5.91 Å². The van der Waals surface area contributed by atoms with Gasteiger partial charge in [-0.05, 0) is 31.4 Å². The van der Waals surface area contributed by atoms with E-state index < -0.39 is 5.82 Å². The first-order valence-electron chi connectivity index (χ1n) is 6.30. The van der Waals surface area contributed by atoms with Crippen molar-refractivity contribution < 1.29 is 9.18 Å². The van der Waals surface area contributed by atoms with Gasteiger partial charge in [0.2, 0.25) is 0 Å². The van der Waals surface area contributed by atoms with Gasteiger partial charge < -0.3 is 10.6 Å². The first-order chi connectivity index (χ1) is 8.49. The number of likely N-dealkylation sites (tertiary alicyclic amines) is 1. The Balaban J connectivity index is 0.00000180. The summed E-state index contributed by atoms with van der Waals surface area (Å²) in [4.78, 5) is 14.0. The van der Waals surface area contributed by atoms with Crippen LogP contribution in [-0.2, 0) is 0 Å². The fraction of sp³-hybridized carbons (Fsp3) is 0.500. The van der Waals surface area contributed by atoms with Crippen molar-refractivity contribution in [2.75, 3.05) is 13.1 Å². The summed E-state index contributed by atoms with van der Waals surface area (Å²) in [5, 5.41) is 0. The number of amides is 1. The van der Waals surface area contributed by atoms with Crippen LogP contribution in [0, 0.1) is 18.7 Å². The standard InChI is InChI=1S/C14H19FN2O.ClH/c1-9-3-4-12(15)11(7-9)14(18)17-6-5-13(16)10(2)8-17;/h3-4,7,10,13H,5-6,8,16H2,1-2H3;1H. The van der Waals surface area contributed by atoms with E-state index in [1.54, 1.807) is 17.0 Å². The highest BCUT2D eigenvalue weighted by Crippen LogP contribution is 2.19. The predicted molar refractivity (Wildman–Crippen MR) is 76.0 cm³/mol. The number of halogens is 2. The second kappa shape index (κ2) is 6.35. The highest BCUT2D eigenvalue weighted by atomic mass is 35.5. The molecular weight excluding hydrogens is 267 g/mol. The summed E-state index contributed by atoms with van der Waals surface area (Å²) >= 11 is 0. The van der Waals surface area contributed by atoms with Gasteiger partial charge in [-0.3, -0.25) is 4.79 Å². The van der Waals surface area contributed by atoms with Crippen molar-refractivity contribution in [3.63, 3.8) is 0 Å². The maximum Gasteiger partial charge on any atom is 0.256 e. The molecule has 2 unspecified atom stereocenters. The molecule has 1 fully saturated rings. The van der Waals surface area contributed by atoms with E-state index in [9.17, 15) is 9.18 Å². The van der Waals surface area contributed by atoms with Crippen molar-refractivity contribution >= 4 is 18.3 Å². The van der Waals surface area contributed by atoms with Crippen LogP contribution in [0.2, 0.25) is 0 Å². The van der Waals surface area contributed by atoms with E-state index >= 15 is 0 Å². The van der Waals surface area contributed by atoms with Crippen molar-refractivity contribution in [3.05, 3.63) is 35.1 Å². The largest absolute Gasteiger partial charge is 0.338 e. The van der Waals surface area contributed by atoms with Crippen molar-refractivity contribution in [1.29, 1.82) is 0 Å². The second-order valence-corrected chi connectivity index (χ2v) is 5.16. The van der Waals surface area contributed by atoms with E-state index in [1.807, 2.05) is 13.8 Å². The minimum Gasteiger partial charge on any atom is -0.338 e. The van der Waals surface area contributed by atoms with Crippen molar-refractivity contribution in [2.24, 2.45) is 11.7 Å². The molecule has 1 aliphatic heterocycles. The third-order valence-electron chi connectivity index (χ3n) is 3.61. The molecule has 0 aliphatic carbocycles. The number of carbonyl (C=O) groups excluding carboxylic acids is 1. The number of nitrogens with two attached hydrogens (primary N) is 1. The lowest BCUT2D eigenvalue weighted by Gasteiger charge is -2.35. The van der Waals surface area contributed by atoms with Crippen LogP contribution in [0.5, 0.6) is 0 Å². The van der Waals surface area contributed by atoms with E-state index in [0.717, 1.165) is 12.0 Å². The van der Waals surface area contributed by atoms with Gasteiger partial charge in [-0.2, -0.15) is 0 Å². The number of carbonyl (C=O) groups is 1. The molecule has 1 aliphatic rings. The monoisotopic (exact) mass is 286 g/mol. The van der Waals surface area contributed by atoms with Crippen LogP contribution in [0.1, 0.15) is 29.3 Å². The lowest BCUT2D eigenvalue weighted by atomic mass is 9.94.